The summed E-state index contributed by atoms with van der Waals surface area (Å²) in [5, 5.41) is 0. The lowest BCUT2D eigenvalue weighted by molar-refractivity contribution is 0.125. The number of rotatable bonds is 18. The molecule has 0 rings (SSSR count). The molecule has 0 aromatic heterocycles. The summed E-state index contributed by atoms with van der Waals surface area (Å²) in [6.07, 6.45) is 22.2. The molecule has 0 aromatic rings. The van der Waals surface area contributed by atoms with Crippen molar-refractivity contribution < 1.29 is 10.2 Å². The number of hydrogen-bond acceptors (Lipinski definition) is 1. The predicted octanol–water partition coefficient (Wildman–Crippen LogP) is 6.46. The van der Waals surface area contributed by atoms with E-state index in [0.29, 0.717) is 0 Å². The minimum atomic E-state index is 0. The Hall–Kier alpha value is -0.0800. The van der Waals surface area contributed by atoms with Gasteiger partial charge in [0.2, 0.25) is 0 Å². The van der Waals surface area contributed by atoms with Crippen molar-refractivity contribution in [3.63, 3.8) is 0 Å². The molecule has 0 aromatic carbocycles. The Bertz CT molecular complexity index is 153. The van der Waals surface area contributed by atoms with Crippen LogP contribution in [-0.2, 0) is 4.74 Å². The molecule has 0 aliphatic carbocycles. The SMILES string of the molecule is CCCCCCCCCCOCCCCCCCCCC.O. The molecule has 136 valence electrons. The van der Waals surface area contributed by atoms with Crippen molar-refractivity contribution in [1.29, 1.82) is 0 Å². The Morgan fingerprint density at radius 3 is 1.00 bits per heavy atom. The molecule has 0 radical (unpaired) electrons. The van der Waals surface area contributed by atoms with E-state index in [1.165, 1.54) is 103 Å². The second-order valence-corrected chi connectivity index (χ2v) is 6.56. The first-order valence-electron chi connectivity index (χ1n) is 9.99. The molecule has 2 N–H and O–H groups in total. The molecule has 0 saturated carbocycles. The second-order valence-electron chi connectivity index (χ2n) is 6.56. The molecule has 0 bridgehead atoms. The van der Waals surface area contributed by atoms with Gasteiger partial charge in [-0.15, -0.1) is 0 Å². The molecule has 2 heteroatoms. The largest absolute Gasteiger partial charge is 0.412 e. The van der Waals surface area contributed by atoms with E-state index in [1.807, 2.05) is 0 Å². The van der Waals surface area contributed by atoms with E-state index in [-0.39, 0.29) is 5.48 Å². The van der Waals surface area contributed by atoms with Gasteiger partial charge in [0, 0.05) is 13.2 Å². The van der Waals surface area contributed by atoms with Gasteiger partial charge in [0.15, 0.2) is 0 Å². The summed E-state index contributed by atoms with van der Waals surface area (Å²) >= 11 is 0. The van der Waals surface area contributed by atoms with Crippen LogP contribution < -0.4 is 0 Å². The van der Waals surface area contributed by atoms with E-state index >= 15 is 0 Å². The smallest absolute Gasteiger partial charge is 0.0466 e. The number of hydrogen-bond donors (Lipinski definition) is 0. The van der Waals surface area contributed by atoms with Crippen molar-refractivity contribution in [3.05, 3.63) is 0 Å². The normalized spacial score (nSPS) is 10.6. The van der Waals surface area contributed by atoms with Gasteiger partial charge in [-0.25, -0.2) is 0 Å². The fraction of sp³-hybridized carbons (Fsp3) is 1.00. The third kappa shape index (κ3) is 22.2. The molecule has 0 spiro atoms. The molecule has 0 aliphatic heterocycles. The van der Waals surface area contributed by atoms with Gasteiger partial charge in [-0.1, -0.05) is 104 Å². The highest BCUT2D eigenvalue weighted by Gasteiger charge is 1.94. The zero-order valence-electron chi connectivity index (χ0n) is 15.6. The molecule has 0 aliphatic rings. The molecule has 0 atom stereocenters. The van der Waals surface area contributed by atoms with Crippen molar-refractivity contribution >= 4 is 0 Å². The second kappa shape index (κ2) is 23.2. The van der Waals surface area contributed by atoms with Gasteiger partial charge in [0.1, 0.15) is 0 Å². The Balaban J connectivity index is 0. The van der Waals surface area contributed by atoms with Crippen LogP contribution in [0.25, 0.3) is 0 Å². The van der Waals surface area contributed by atoms with Gasteiger partial charge in [-0.05, 0) is 12.8 Å². The van der Waals surface area contributed by atoms with E-state index in [9.17, 15) is 0 Å². The highest BCUT2D eigenvalue weighted by Crippen LogP contribution is 2.10. The van der Waals surface area contributed by atoms with Crippen LogP contribution in [0.2, 0.25) is 0 Å². The minimum absolute atomic E-state index is 0. The van der Waals surface area contributed by atoms with Gasteiger partial charge in [-0.2, -0.15) is 0 Å². The van der Waals surface area contributed by atoms with E-state index in [0.717, 1.165) is 13.2 Å². The topological polar surface area (TPSA) is 40.7 Å². The predicted molar refractivity (Wildman–Crippen MR) is 99.7 cm³/mol. The first kappa shape index (κ1) is 24.2. The van der Waals surface area contributed by atoms with Crippen molar-refractivity contribution in [2.24, 2.45) is 0 Å². The molecule has 0 unspecified atom stereocenters. The average molecular weight is 317 g/mol. The Kier molecular flexibility index (Phi) is 25.5. The highest BCUT2D eigenvalue weighted by molar-refractivity contribution is 4.47. The molecule has 0 heterocycles. The molecule has 0 amide bonds. The maximum Gasteiger partial charge on any atom is 0.0466 e. The van der Waals surface area contributed by atoms with E-state index in [2.05, 4.69) is 13.8 Å². The van der Waals surface area contributed by atoms with Crippen LogP contribution in [0.5, 0.6) is 0 Å². The lowest BCUT2D eigenvalue weighted by atomic mass is 10.1. The summed E-state index contributed by atoms with van der Waals surface area (Å²) in [4.78, 5) is 0. The molecule has 0 saturated heterocycles. The maximum atomic E-state index is 5.72. The summed E-state index contributed by atoms with van der Waals surface area (Å²) in [6, 6.07) is 0. The quantitative estimate of drug-likeness (QED) is 0.267. The van der Waals surface area contributed by atoms with Crippen LogP contribution in [0.15, 0.2) is 0 Å². The van der Waals surface area contributed by atoms with Crippen LogP contribution in [0.4, 0.5) is 0 Å². The molecule has 2 nitrogen and oxygen atoms in total. The minimum Gasteiger partial charge on any atom is -0.412 e. The molecule has 0 fully saturated rings. The monoisotopic (exact) mass is 316 g/mol. The van der Waals surface area contributed by atoms with Crippen molar-refractivity contribution in [3.8, 4) is 0 Å². The van der Waals surface area contributed by atoms with Gasteiger partial charge in [-0.3, -0.25) is 0 Å². The first-order chi connectivity index (χ1) is 10.4. The number of unbranched alkanes of at least 4 members (excludes halogenated alkanes) is 14. The van der Waals surface area contributed by atoms with E-state index < -0.39 is 0 Å². The van der Waals surface area contributed by atoms with Crippen LogP contribution >= 0.6 is 0 Å². The van der Waals surface area contributed by atoms with E-state index in [1.54, 1.807) is 0 Å². The molecule has 22 heavy (non-hydrogen) atoms. The third-order valence-corrected chi connectivity index (χ3v) is 4.28. The Morgan fingerprint density at radius 2 is 0.682 bits per heavy atom. The summed E-state index contributed by atoms with van der Waals surface area (Å²) in [6.45, 7) is 6.55. The van der Waals surface area contributed by atoms with Crippen LogP contribution in [0.3, 0.4) is 0 Å². The van der Waals surface area contributed by atoms with E-state index in [4.69, 9.17) is 4.74 Å². The van der Waals surface area contributed by atoms with Gasteiger partial charge >= 0.3 is 0 Å². The fourth-order valence-corrected chi connectivity index (χ4v) is 2.78. The Labute approximate surface area is 140 Å². The lowest BCUT2D eigenvalue weighted by Crippen LogP contribution is -1.97. The van der Waals surface area contributed by atoms with Gasteiger partial charge in [0.25, 0.3) is 0 Å². The summed E-state index contributed by atoms with van der Waals surface area (Å²) in [5.41, 5.74) is 0. The molecular weight excluding hydrogens is 272 g/mol. The highest BCUT2D eigenvalue weighted by atomic mass is 16.5. The van der Waals surface area contributed by atoms with Crippen molar-refractivity contribution in [2.45, 2.75) is 117 Å². The zero-order valence-corrected chi connectivity index (χ0v) is 15.6. The summed E-state index contributed by atoms with van der Waals surface area (Å²) in [7, 11) is 0. The third-order valence-electron chi connectivity index (χ3n) is 4.28. The first-order valence-corrected chi connectivity index (χ1v) is 9.99. The standard InChI is InChI=1S/C20H42O.H2O/c1-3-5-7-9-11-13-15-17-19-21-20-18-16-14-12-10-8-6-4-2;/h3-20H2,1-2H3;1H2. The fourth-order valence-electron chi connectivity index (χ4n) is 2.78. The average Bonchev–Trinajstić information content (AvgIpc) is 2.50. The van der Waals surface area contributed by atoms with Crippen LogP contribution in [0.1, 0.15) is 117 Å². The lowest BCUT2D eigenvalue weighted by Gasteiger charge is -2.05. The van der Waals surface area contributed by atoms with Crippen LogP contribution in [-0.4, -0.2) is 18.7 Å². The Morgan fingerprint density at radius 1 is 0.409 bits per heavy atom. The number of ether oxygens (including phenoxy) is 1. The summed E-state index contributed by atoms with van der Waals surface area (Å²) in [5.74, 6) is 0. The molecular formula is C20H44O2. The summed E-state index contributed by atoms with van der Waals surface area (Å²) < 4.78 is 5.72. The van der Waals surface area contributed by atoms with Crippen LogP contribution in [0, 0.1) is 0 Å². The van der Waals surface area contributed by atoms with Crippen molar-refractivity contribution in [2.75, 3.05) is 13.2 Å². The van der Waals surface area contributed by atoms with Crippen molar-refractivity contribution in [1.82, 2.24) is 0 Å². The zero-order chi connectivity index (χ0) is 15.4. The van der Waals surface area contributed by atoms with Gasteiger partial charge in [0.05, 0.1) is 0 Å². The maximum absolute atomic E-state index is 5.72. The van der Waals surface area contributed by atoms with Gasteiger partial charge < -0.3 is 10.2 Å².